The molecule has 0 amide bonds. The van der Waals surface area contributed by atoms with Crippen LogP contribution in [0, 0.1) is 6.92 Å². The Hall–Kier alpha value is -1.71. The van der Waals surface area contributed by atoms with Crippen molar-refractivity contribution in [2.45, 2.75) is 6.92 Å². The van der Waals surface area contributed by atoms with Crippen molar-refractivity contribution in [2.75, 3.05) is 5.73 Å². The predicted molar refractivity (Wildman–Crippen MR) is 79.8 cm³/mol. The van der Waals surface area contributed by atoms with E-state index in [1.54, 1.807) is 12.3 Å². The third-order valence-electron chi connectivity index (χ3n) is 3.00. The van der Waals surface area contributed by atoms with Crippen molar-refractivity contribution in [2.24, 2.45) is 0 Å². The number of benzene rings is 1. The smallest absolute Gasteiger partial charge is 0.160 e. The highest BCUT2D eigenvalue weighted by atomic mass is 35.5. The molecule has 19 heavy (non-hydrogen) atoms. The highest BCUT2D eigenvalue weighted by molar-refractivity contribution is 6.31. The number of nitrogen functional groups attached to an aromatic ring is 1. The zero-order chi connectivity index (χ0) is 13.6. The number of rotatable bonds is 1. The minimum atomic E-state index is 0.560. The number of aromatic nitrogens is 2. The molecule has 0 aliphatic carbocycles. The normalized spacial score (nSPS) is 11.1. The zero-order valence-corrected chi connectivity index (χ0v) is 11.7. The number of fused-ring (bicyclic) bond motifs is 1. The van der Waals surface area contributed by atoms with Crippen LogP contribution in [0.15, 0.2) is 36.7 Å². The van der Waals surface area contributed by atoms with Gasteiger partial charge in [0.05, 0.1) is 16.4 Å². The van der Waals surface area contributed by atoms with Gasteiger partial charge in [0, 0.05) is 23.0 Å². The number of imidazole rings is 1. The van der Waals surface area contributed by atoms with Gasteiger partial charge in [-0.2, -0.15) is 0 Å². The Kier molecular flexibility index (Phi) is 2.88. The van der Waals surface area contributed by atoms with Crippen LogP contribution in [0.4, 0.5) is 5.69 Å². The fraction of sp³-hybridized carbons (Fsp3) is 0.0714. The number of aryl methyl sites for hydroxylation is 1. The number of nitrogens with two attached hydrogens (primary N) is 1. The predicted octanol–water partition coefficient (Wildman–Crippen LogP) is 4.20. The van der Waals surface area contributed by atoms with Crippen molar-refractivity contribution in [1.29, 1.82) is 0 Å². The molecule has 96 valence electrons. The molecule has 0 aliphatic rings. The van der Waals surface area contributed by atoms with Gasteiger partial charge in [0.15, 0.2) is 5.65 Å². The van der Waals surface area contributed by atoms with Gasteiger partial charge in [0.1, 0.15) is 0 Å². The molecule has 3 nitrogen and oxygen atoms in total. The van der Waals surface area contributed by atoms with Gasteiger partial charge in [-0.3, -0.25) is 0 Å². The summed E-state index contributed by atoms with van der Waals surface area (Å²) in [6.45, 7) is 1.97. The molecule has 0 unspecified atom stereocenters. The monoisotopic (exact) mass is 291 g/mol. The first-order valence-electron chi connectivity index (χ1n) is 5.75. The minimum absolute atomic E-state index is 0.560. The Bertz CT molecular complexity index is 778. The molecule has 0 saturated heterocycles. The summed E-state index contributed by atoms with van der Waals surface area (Å²) in [7, 11) is 0. The van der Waals surface area contributed by atoms with Crippen molar-refractivity contribution in [1.82, 2.24) is 9.38 Å². The average Bonchev–Trinajstić information content (AvgIpc) is 2.76. The average molecular weight is 292 g/mol. The molecule has 0 spiro atoms. The number of halogens is 2. The van der Waals surface area contributed by atoms with E-state index in [2.05, 4.69) is 4.98 Å². The van der Waals surface area contributed by atoms with E-state index in [0.29, 0.717) is 16.4 Å². The van der Waals surface area contributed by atoms with Gasteiger partial charge in [0.2, 0.25) is 0 Å². The fourth-order valence-electron chi connectivity index (χ4n) is 2.03. The molecule has 0 saturated carbocycles. The molecule has 0 atom stereocenters. The van der Waals surface area contributed by atoms with Crippen LogP contribution >= 0.6 is 23.2 Å². The first-order valence-corrected chi connectivity index (χ1v) is 6.50. The molecule has 2 heterocycles. The van der Waals surface area contributed by atoms with Crippen LogP contribution < -0.4 is 5.73 Å². The van der Waals surface area contributed by atoms with Gasteiger partial charge < -0.3 is 10.1 Å². The third-order valence-corrected chi connectivity index (χ3v) is 3.63. The molecule has 0 bridgehead atoms. The number of anilines is 1. The van der Waals surface area contributed by atoms with E-state index in [1.807, 2.05) is 35.7 Å². The Balaban J connectivity index is 2.20. The topological polar surface area (TPSA) is 43.3 Å². The summed E-state index contributed by atoms with van der Waals surface area (Å²) in [5.41, 5.74) is 10.0. The quantitative estimate of drug-likeness (QED) is 0.730. The van der Waals surface area contributed by atoms with Crippen molar-refractivity contribution in [3.05, 3.63) is 52.3 Å². The van der Waals surface area contributed by atoms with E-state index < -0.39 is 0 Å². The summed E-state index contributed by atoms with van der Waals surface area (Å²) in [5.74, 6) is 0. The van der Waals surface area contributed by atoms with Gasteiger partial charge in [-0.05, 0) is 30.7 Å². The van der Waals surface area contributed by atoms with Gasteiger partial charge in [-0.1, -0.05) is 29.3 Å². The van der Waals surface area contributed by atoms with Crippen LogP contribution in [0.2, 0.25) is 10.0 Å². The molecule has 0 fully saturated rings. The second-order valence-corrected chi connectivity index (χ2v) is 5.28. The maximum atomic E-state index is 6.03. The van der Waals surface area contributed by atoms with E-state index in [1.165, 1.54) is 0 Å². The molecule has 0 aliphatic heterocycles. The molecule has 3 aromatic rings. The summed E-state index contributed by atoms with van der Waals surface area (Å²) in [5, 5.41) is 1.33. The second kappa shape index (κ2) is 4.44. The number of hydrogen-bond acceptors (Lipinski definition) is 2. The summed E-state index contributed by atoms with van der Waals surface area (Å²) >= 11 is 12.0. The standard InChI is InChI=1S/C14H11Cl2N3/c1-8-4-9(2-3-11(8)16)13-7-19-6-10(15)5-12(17)14(19)18-13/h2-7H,17H2,1H3. The lowest BCUT2D eigenvalue weighted by atomic mass is 10.1. The zero-order valence-electron chi connectivity index (χ0n) is 10.2. The Morgan fingerprint density at radius 1 is 1.16 bits per heavy atom. The van der Waals surface area contributed by atoms with Gasteiger partial charge in [0.25, 0.3) is 0 Å². The van der Waals surface area contributed by atoms with E-state index in [-0.39, 0.29) is 0 Å². The second-order valence-electron chi connectivity index (χ2n) is 4.43. The summed E-state index contributed by atoms with van der Waals surface area (Å²) in [6, 6.07) is 7.50. The number of hydrogen-bond donors (Lipinski definition) is 1. The van der Waals surface area contributed by atoms with Gasteiger partial charge in [-0.15, -0.1) is 0 Å². The Morgan fingerprint density at radius 2 is 1.95 bits per heavy atom. The van der Waals surface area contributed by atoms with Crippen molar-refractivity contribution in [3.63, 3.8) is 0 Å². The lowest BCUT2D eigenvalue weighted by Crippen LogP contribution is -1.91. The van der Waals surface area contributed by atoms with Crippen molar-refractivity contribution >= 4 is 34.5 Å². The van der Waals surface area contributed by atoms with Crippen molar-refractivity contribution < 1.29 is 0 Å². The molecule has 2 N–H and O–H groups in total. The van der Waals surface area contributed by atoms with Gasteiger partial charge >= 0.3 is 0 Å². The molecule has 0 radical (unpaired) electrons. The van der Waals surface area contributed by atoms with Crippen LogP contribution in [0.25, 0.3) is 16.9 Å². The molecule has 2 aromatic heterocycles. The Labute approximate surface area is 120 Å². The number of nitrogens with zero attached hydrogens (tertiary/aromatic N) is 2. The van der Waals surface area contributed by atoms with Crippen LogP contribution in [0.1, 0.15) is 5.56 Å². The van der Waals surface area contributed by atoms with Crippen molar-refractivity contribution in [3.8, 4) is 11.3 Å². The molecular formula is C14H11Cl2N3. The van der Waals surface area contributed by atoms with E-state index in [0.717, 1.165) is 21.8 Å². The highest BCUT2D eigenvalue weighted by Crippen LogP contribution is 2.27. The lowest BCUT2D eigenvalue weighted by Gasteiger charge is -2.00. The molecule has 3 rings (SSSR count). The number of pyridine rings is 1. The van der Waals surface area contributed by atoms with Crippen LogP contribution in [0.5, 0.6) is 0 Å². The maximum absolute atomic E-state index is 6.03. The largest absolute Gasteiger partial charge is 0.396 e. The first kappa shape index (κ1) is 12.3. The summed E-state index contributed by atoms with van der Waals surface area (Å²) in [4.78, 5) is 4.53. The van der Waals surface area contributed by atoms with E-state index in [9.17, 15) is 0 Å². The minimum Gasteiger partial charge on any atom is -0.396 e. The third kappa shape index (κ3) is 2.15. The SMILES string of the molecule is Cc1cc(-c2cn3cc(Cl)cc(N)c3n2)ccc1Cl. The summed E-state index contributed by atoms with van der Waals surface area (Å²) in [6.07, 6.45) is 3.69. The lowest BCUT2D eigenvalue weighted by molar-refractivity contribution is 1.19. The fourth-order valence-corrected chi connectivity index (χ4v) is 2.37. The van der Waals surface area contributed by atoms with E-state index in [4.69, 9.17) is 28.9 Å². The van der Waals surface area contributed by atoms with Gasteiger partial charge in [-0.25, -0.2) is 4.98 Å². The van der Waals surface area contributed by atoms with Crippen LogP contribution in [0.3, 0.4) is 0 Å². The maximum Gasteiger partial charge on any atom is 0.160 e. The first-order chi connectivity index (χ1) is 9.04. The molecular weight excluding hydrogens is 281 g/mol. The van der Waals surface area contributed by atoms with E-state index >= 15 is 0 Å². The van der Waals surface area contributed by atoms with Crippen LogP contribution in [-0.4, -0.2) is 9.38 Å². The summed E-state index contributed by atoms with van der Waals surface area (Å²) < 4.78 is 1.83. The Morgan fingerprint density at radius 3 is 2.68 bits per heavy atom. The highest BCUT2D eigenvalue weighted by Gasteiger charge is 2.08. The van der Waals surface area contributed by atoms with Crippen LogP contribution in [-0.2, 0) is 0 Å². The molecule has 1 aromatic carbocycles. The molecule has 5 heteroatoms.